The minimum Gasteiger partial charge on any atom is -0.459 e. The lowest BCUT2D eigenvalue weighted by Crippen LogP contribution is -2.13. The lowest BCUT2D eigenvalue weighted by atomic mass is 10.1. The fourth-order valence-electron chi connectivity index (χ4n) is 2.26. The van der Waals surface area contributed by atoms with E-state index in [0.29, 0.717) is 33.5 Å². The predicted molar refractivity (Wildman–Crippen MR) is 101 cm³/mol. The van der Waals surface area contributed by atoms with Crippen LogP contribution in [0, 0.1) is 0 Å². The number of rotatable bonds is 6. The zero-order valence-electron chi connectivity index (χ0n) is 13.2. The number of hydrogen-bond donors (Lipinski definition) is 2. The number of thioether (sulfide) groups is 1. The third kappa shape index (κ3) is 4.66. The number of aliphatic hydroxyl groups excluding tert-OH is 1. The Hall–Kier alpha value is -2.21. The molecule has 0 fully saturated rings. The van der Waals surface area contributed by atoms with Crippen LogP contribution in [0.15, 0.2) is 70.0 Å². The van der Waals surface area contributed by atoms with Crippen molar-refractivity contribution >= 4 is 35.0 Å². The number of benzene rings is 2. The fraction of sp³-hybridized carbons (Fsp3) is 0.105. The molecule has 128 valence electrons. The van der Waals surface area contributed by atoms with Crippen LogP contribution in [0.4, 0.5) is 5.69 Å². The van der Waals surface area contributed by atoms with Gasteiger partial charge in [-0.3, -0.25) is 4.79 Å². The molecule has 1 heterocycles. The van der Waals surface area contributed by atoms with E-state index in [1.807, 2.05) is 30.3 Å². The van der Waals surface area contributed by atoms with E-state index in [1.54, 1.807) is 30.3 Å². The molecule has 0 aliphatic carbocycles. The molecule has 3 aromatic rings. The van der Waals surface area contributed by atoms with Gasteiger partial charge in [-0.15, -0.1) is 11.8 Å². The van der Waals surface area contributed by atoms with Crippen LogP contribution >= 0.6 is 23.4 Å². The van der Waals surface area contributed by atoms with Crippen LogP contribution < -0.4 is 5.32 Å². The molecule has 0 saturated carbocycles. The Morgan fingerprint density at radius 1 is 1.12 bits per heavy atom. The van der Waals surface area contributed by atoms with Crippen molar-refractivity contribution < 1.29 is 14.3 Å². The van der Waals surface area contributed by atoms with Crippen LogP contribution in [0.25, 0.3) is 11.3 Å². The number of aliphatic hydroxyl groups is 1. The first-order chi connectivity index (χ1) is 12.2. The van der Waals surface area contributed by atoms with Gasteiger partial charge < -0.3 is 14.8 Å². The van der Waals surface area contributed by atoms with Crippen molar-refractivity contribution in [3.8, 4) is 11.3 Å². The summed E-state index contributed by atoms with van der Waals surface area (Å²) in [6, 6.07) is 18.4. The van der Waals surface area contributed by atoms with Gasteiger partial charge in [0.25, 0.3) is 0 Å². The molecule has 1 aromatic heterocycles. The van der Waals surface area contributed by atoms with Crippen molar-refractivity contribution in [2.75, 3.05) is 11.1 Å². The van der Waals surface area contributed by atoms with Gasteiger partial charge in [0.05, 0.1) is 10.8 Å². The summed E-state index contributed by atoms with van der Waals surface area (Å²) in [7, 11) is 0. The van der Waals surface area contributed by atoms with Crippen molar-refractivity contribution in [3.05, 3.63) is 71.4 Å². The molecule has 2 aromatic carbocycles. The molecule has 0 unspecified atom stereocenters. The highest BCUT2D eigenvalue weighted by atomic mass is 35.5. The van der Waals surface area contributed by atoms with Crippen LogP contribution in [0.2, 0.25) is 5.02 Å². The van der Waals surface area contributed by atoms with Gasteiger partial charge in [-0.05, 0) is 42.5 Å². The molecule has 0 spiro atoms. The first kappa shape index (κ1) is 17.6. The van der Waals surface area contributed by atoms with Crippen LogP contribution in [0.3, 0.4) is 0 Å². The summed E-state index contributed by atoms with van der Waals surface area (Å²) in [5.41, 5.74) is 1.33. The molecule has 6 heteroatoms. The predicted octanol–water partition coefficient (Wildman–Crippen LogP) is 4.82. The van der Waals surface area contributed by atoms with E-state index in [4.69, 9.17) is 21.1 Å². The second-order valence-electron chi connectivity index (χ2n) is 5.27. The zero-order chi connectivity index (χ0) is 17.6. The summed E-state index contributed by atoms with van der Waals surface area (Å²) in [5, 5.41) is 12.4. The van der Waals surface area contributed by atoms with E-state index in [9.17, 15) is 4.79 Å². The SMILES string of the molecule is O=C(CSc1ccccc1)Nc1ccc(-c2ccc(CO)o2)c(Cl)c1. The minimum absolute atomic E-state index is 0.0989. The van der Waals surface area contributed by atoms with E-state index in [0.717, 1.165) is 4.90 Å². The van der Waals surface area contributed by atoms with Crippen LogP contribution in [-0.4, -0.2) is 16.8 Å². The Labute approximate surface area is 154 Å². The van der Waals surface area contributed by atoms with Crippen molar-refractivity contribution in [2.24, 2.45) is 0 Å². The molecule has 0 aliphatic rings. The highest BCUT2D eigenvalue weighted by Gasteiger charge is 2.10. The second kappa shape index (κ2) is 8.25. The highest BCUT2D eigenvalue weighted by molar-refractivity contribution is 8.00. The third-order valence-electron chi connectivity index (χ3n) is 3.45. The maximum absolute atomic E-state index is 12.1. The zero-order valence-corrected chi connectivity index (χ0v) is 14.8. The highest BCUT2D eigenvalue weighted by Crippen LogP contribution is 2.31. The van der Waals surface area contributed by atoms with Crippen molar-refractivity contribution in [3.63, 3.8) is 0 Å². The van der Waals surface area contributed by atoms with Crippen LogP contribution in [-0.2, 0) is 11.4 Å². The Morgan fingerprint density at radius 3 is 2.60 bits per heavy atom. The first-order valence-corrected chi connectivity index (χ1v) is 8.99. The van der Waals surface area contributed by atoms with E-state index in [2.05, 4.69) is 5.32 Å². The number of carbonyl (C=O) groups is 1. The van der Waals surface area contributed by atoms with Gasteiger partial charge in [0.2, 0.25) is 5.91 Å². The number of hydrogen-bond acceptors (Lipinski definition) is 4. The summed E-state index contributed by atoms with van der Waals surface area (Å²) in [6.07, 6.45) is 0. The summed E-state index contributed by atoms with van der Waals surface area (Å²) >= 11 is 7.77. The molecular formula is C19H16ClNO3S. The summed E-state index contributed by atoms with van der Waals surface area (Å²) in [4.78, 5) is 13.1. The van der Waals surface area contributed by atoms with Gasteiger partial charge in [0.1, 0.15) is 18.1 Å². The quantitative estimate of drug-likeness (QED) is 0.608. The Balaban J connectivity index is 1.63. The number of amides is 1. The van der Waals surface area contributed by atoms with E-state index >= 15 is 0 Å². The Bertz CT molecular complexity index is 864. The standard InChI is InChI=1S/C19H16ClNO3S/c20-17-10-13(6-8-16(17)18-9-7-14(11-22)24-18)21-19(23)12-25-15-4-2-1-3-5-15/h1-10,22H,11-12H2,(H,21,23). The number of carbonyl (C=O) groups excluding carboxylic acids is 1. The largest absolute Gasteiger partial charge is 0.459 e. The van der Waals surface area contributed by atoms with Crippen LogP contribution in [0.1, 0.15) is 5.76 Å². The molecule has 2 N–H and O–H groups in total. The summed E-state index contributed by atoms with van der Waals surface area (Å²) in [5.74, 6) is 1.27. The number of nitrogens with one attached hydrogen (secondary N) is 1. The molecule has 1 amide bonds. The Kier molecular flexibility index (Phi) is 5.81. The number of halogens is 1. The van der Waals surface area contributed by atoms with Gasteiger partial charge in [-0.25, -0.2) is 0 Å². The van der Waals surface area contributed by atoms with E-state index in [-0.39, 0.29) is 12.5 Å². The average molecular weight is 374 g/mol. The van der Waals surface area contributed by atoms with Gasteiger partial charge in [0, 0.05) is 16.1 Å². The average Bonchev–Trinajstić information content (AvgIpc) is 3.10. The van der Waals surface area contributed by atoms with E-state index in [1.165, 1.54) is 11.8 Å². The Morgan fingerprint density at radius 2 is 1.92 bits per heavy atom. The van der Waals surface area contributed by atoms with Crippen molar-refractivity contribution in [2.45, 2.75) is 11.5 Å². The van der Waals surface area contributed by atoms with Gasteiger partial charge in [-0.1, -0.05) is 29.8 Å². The lowest BCUT2D eigenvalue weighted by Gasteiger charge is -2.08. The maximum Gasteiger partial charge on any atom is 0.234 e. The second-order valence-corrected chi connectivity index (χ2v) is 6.72. The van der Waals surface area contributed by atoms with Gasteiger partial charge >= 0.3 is 0 Å². The summed E-state index contributed by atoms with van der Waals surface area (Å²) < 4.78 is 5.48. The number of furan rings is 1. The van der Waals surface area contributed by atoms with Gasteiger partial charge in [0.15, 0.2) is 0 Å². The molecule has 0 atom stereocenters. The molecule has 0 bridgehead atoms. The smallest absolute Gasteiger partial charge is 0.234 e. The topological polar surface area (TPSA) is 62.5 Å². The maximum atomic E-state index is 12.1. The molecular weight excluding hydrogens is 358 g/mol. The van der Waals surface area contributed by atoms with E-state index < -0.39 is 0 Å². The fourth-order valence-corrected chi connectivity index (χ4v) is 3.26. The monoisotopic (exact) mass is 373 g/mol. The van der Waals surface area contributed by atoms with Crippen molar-refractivity contribution in [1.29, 1.82) is 0 Å². The van der Waals surface area contributed by atoms with Crippen LogP contribution in [0.5, 0.6) is 0 Å². The first-order valence-electron chi connectivity index (χ1n) is 7.63. The van der Waals surface area contributed by atoms with Crippen molar-refractivity contribution in [1.82, 2.24) is 0 Å². The lowest BCUT2D eigenvalue weighted by molar-refractivity contribution is -0.113. The minimum atomic E-state index is -0.162. The number of anilines is 1. The molecule has 25 heavy (non-hydrogen) atoms. The normalized spacial score (nSPS) is 10.6. The molecule has 0 aliphatic heterocycles. The van der Waals surface area contributed by atoms with Gasteiger partial charge in [-0.2, -0.15) is 0 Å². The molecule has 0 radical (unpaired) electrons. The molecule has 3 rings (SSSR count). The molecule has 0 saturated heterocycles. The third-order valence-corrected chi connectivity index (χ3v) is 4.77. The summed E-state index contributed by atoms with van der Waals surface area (Å²) in [6.45, 7) is -0.162. The molecule has 4 nitrogen and oxygen atoms in total.